The lowest BCUT2D eigenvalue weighted by Gasteiger charge is -2.15. The highest BCUT2D eigenvalue weighted by molar-refractivity contribution is 7.18. The monoisotopic (exact) mass is 506 g/mol. The predicted octanol–water partition coefficient (Wildman–Crippen LogP) is 6.91. The molecule has 0 bridgehead atoms. The Bertz CT molecular complexity index is 1310. The van der Waals surface area contributed by atoms with Gasteiger partial charge in [-0.1, -0.05) is 30.3 Å². The highest BCUT2D eigenvalue weighted by Gasteiger charge is 2.31. The Morgan fingerprint density at radius 2 is 1.80 bits per heavy atom. The fraction of sp³-hybridized carbons (Fsp3) is 0.259. The van der Waals surface area contributed by atoms with Gasteiger partial charge in [0.1, 0.15) is 17.2 Å². The summed E-state index contributed by atoms with van der Waals surface area (Å²) in [6.07, 6.45) is 2.32. The number of carboxylic acid groups (broad SMARTS) is 1. The van der Waals surface area contributed by atoms with Gasteiger partial charge in [0.15, 0.2) is 5.13 Å². The van der Waals surface area contributed by atoms with E-state index in [2.05, 4.69) is 0 Å². The van der Waals surface area contributed by atoms with Crippen molar-refractivity contribution in [3.63, 3.8) is 0 Å². The SMILES string of the molecule is COCCOc1ccc(-c2nc(N(C)c3cc(-c4ccccc4)sc3C(=O)O)sc2C2CC2)cc1. The van der Waals surface area contributed by atoms with Gasteiger partial charge in [0, 0.05) is 29.5 Å². The Morgan fingerprint density at radius 1 is 1.06 bits per heavy atom. The van der Waals surface area contributed by atoms with Crippen molar-refractivity contribution in [2.75, 3.05) is 32.3 Å². The zero-order valence-electron chi connectivity index (χ0n) is 19.6. The number of thiophene rings is 1. The van der Waals surface area contributed by atoms with E-state index in [9.17, 15) is 9.90 Å². The van der Waals surface area contributed by atoms with Crippen molar-refractivity contribution in [2.24, 2.45) is 0 Å². The molecule has 8 heteroatoms. The molecule has 1 fully saturated rings. The Balaban J connectivity index is 1.47. The van der Waals surface area contributed by atoms with Gasteiger partial charge in [0.05, 0.1) is 18.0 Å². The minimum absolute atomic E-state index is 0.314. The molecule has 1 aliphatic carbocycles. The van der Waals surface area contributed by atoms with Crippen LogP contribution in [-0.2, 0) is 4.74 Å². The molecule has 2 aromatic heterocycles. The highest BCUT2D eigenvalue weighted by Crippen LogP contribution is 2.50. The van der Waals surface area contributed by atoms with Crippen LogP contribution in [0.15, 0.2) is 60.7 Å². The maximum absolute atomic E-state index is 12.1. The Morgan fingerprint density at radius 3 is 2.46 bits per heavy atom. The van der Waals surface area contributed by atoms with Gasteiger partial charge in [0.25, 0.3) is 0 Å². The molecule has 0 aliphatic heterocycles. The van der Waals surface area contributed by atoms with Crippen molar-refractivity contribution in [1.29, 1.82) is 0 Å². The van der Waals surface area contributed by atoms with Crippen molar-refractivity contribution in [3.05, 3.63) is 70.4 Å². The van der Waals surface area contributed by atoms with Crippen molar-refractivity contribution >= 4 is 39.5 Å². The number of hydrogen-bond donors (Lipinski definition) is 1. The number of rotatable bonds is 10. The first-order chi connectivity index (χ1) is 17.0. The minimum atomic E-state index is -0.928. The number of hydrogen-bond acceptors (Lipinski definition) is 7. The number of thiazole rings is 1. The number of methoxy groups -OCH3 is 1. The van der Waals surface area contributed by atoms with E-state index in [1.165, 1.54) is 16.2 Å². The molecule has 35 heavy (non-hydrogen) atoms. The number of carboxylic acids is 1. The molecule has 1 aliphatic rings. The second kappa shape index (κ2) is 10.2. The van der Waals surface area contributed by atoms with E-state index in [1.807, 2.05) is 72.6 Å². The van der Waals surface area contributed by atoms with Crippen LogP contribution in [-0.4, -0.2) is 43.4 Å². The van der Waals surface area contributed by atoms with Crippen LogP contribution in [0.5, 0.6) is 5.75 Å². The summed E-state index contributed by atoms with van der Waals surface area (Å²) in [6, 6.07) is 19.8. The molecule has 0 atom stereocenters. The topological polar surface area (TPSA) is 71.9 Å². The molecule has 0 saturated heterocycles. The van der Waals surface area contributed by atoms with E-state index in [4.69, 9.17) is 14.5 Å². The van der Waals surface area contributed by atoms with Crippen LogP contribution in [0.4, 0.5) is 10.8 Å². The first-order valence-electron chi connectivity index (χ1n) is 11.4. The number of nitrogens with zero attached hydrogens (tertiary/aromatic N) is 2. The lowest BCUT2D eigenvalue weighted by Crippen LogP contribution is -2.11. The van der Waals surface area contributed by atoms with Gasteiger partial charge in [-0.15, -0.1) is 22.7 Å². The molecule has 2 aromatic carbocycles. The smallest absolute Gasteiger partial charge is 0.348 e. The van der Waals surface area contributed by atoms with Crippen LogP contribution in [0.1, 0.15) is 33.3 Å². The van der Waals surface area contributed by atoms with Gasteiger partial charge in [0.2, 0.25) is 0 Å². The van der Waals surface area contributed by atoms with Gasteiger partial charge in [-0.3, -0.25) is 0 Å². The van der Waals surface area contributed by atoms with E-state index in [-0.39, 0.29) is 0 Å². The number of aromatic carboxylic acids is 1. The molecule has 1 N–H and O–H groups in total. The third-order valence-corrected chi connectivity index (χ3v) is 8.34. The number of carbonyl (C=O) groups is 1. The normalized spacial score (nSPS) is 13.1. The quantitative estimate of drug-likeness (QED) is 0.236. The van der Waals surface area contributed by atoms with Gasteiger partial charge >= 0.3 is 5.97 Å². The summed E-state index contributed by atoms with van der Waals surface area (Å²) in [7, 11) is 3.55. The van der Waals surface area contributed by atoms with Gasteiger partial charge < -0.3 is 19.5 Å². The van der Waals surface area contributed by atoms with Crippen molar-refractivity contribution in [3.8, 4) is 27.4 Å². The Kier molecular flexibility index (Phi) is 6.86. The predicted molar refractivity (Wildman–Crippen MR) is 142 cm³/mol. The summed E-state index contributed by atoms with van der Waals surface area (Å²) >= 11 is 2.95. The molecule has 2 heterocycles. The van der Waals surface area contributed by atoms with Crippen LogP contribution in [0.2, 0.25) is 0 Å². The van der Waals surface area contributed by atoms with Gasteiger partial charge in [-0.2, -0.15) is 0 Å². The Labute approximate surface area is 212 Å². The second-order valence-electron chi connectivity index (χ2n) is 8.40. The van der Waals surface area contributed by atoms with Crippen LogP contribution < -0.4 is 9.64 Å². The molecule has 0 unspecified atom stereocenters. The number of anilines is 2. The number of benzene rings is 2. The Hall–Kier alpha value is -3.20. The van der Waals surface area contributed by atoms with Crippen molar-refractivity contribution in [1.82, 2.24) is 4.98 Å². The fourth-order valence-corrected chi connectivity index (χ4v) is 6.14. The van der Waals surface area contributed by atoms with Crippen LogP contribution in [0.25, 0.3) is 21.7 Å². The van der Waals surface area contributed by atoms with E-state index >= 15 is 0 Å². The van der Waals surface area contributed by atoms with Gasteiger partial charge in [-0.05, 0) is 54.7 Å². The van der Waals surface area contributed by atoms with Crippen LogP contribution >= 0.6 is 22.7 Å². The maximum Gasteiger partial charge on any atom is 0.348 e. The first-order valence-corrected chi connectivity index (χ1v) is 13.1. The molecule has 4 aromatic rings. The van der Waals surface area contributed by atoms with E-state index in [0.29, 0.717) is 29.7 Å². The summed E-state index contributed by atoms with van der Waals surface area (Å²) < 4.78 is 10.7. The lowest BCUT2D eigenvalue weighted by molar-refractivity contribution is 0.0703. The summed E-state index contributed by atoms with van der Waals surface area (Å²) in [5.41, 5.74) is 3.67. The molecular weight excluding hydrogens is 480 g/mol. The number of ether oxygens (including phenoxy) is 2. The molecule has 0 radical (unpaired) electrons. The highest BCUT2D eigenvalue weighted by atomic mass is 32.1. The summed E-state index contributed by atoms with van der Waals surface area (Å²) in [5.74, 6) is 0.384. The second-order valence-corrected chi connectivity index (χ2v) is 10.5. The third-order valence-electron chi connectivity index (χ3n) is 5.89. The summed E-state index contributed by atoms with van der Waals surface area (Å²) in [6.45, 7) is 1.05. The molecule has 5 rings (SSSR count). The fourth-order valence-electron chi connectivity index (χ4n) is 3.88. The zero-order chi connectivity index (χ0) is 24.4. The van der Waals surface area contributed by atoms with Crippen molar-refractivity contribution in [2.45, 2.75) is 18.8 Å². The summed E-state index contributed by atoms with van der Waals surface area (Å²) in [4.78, 5) is 21.5. The van der Waals surface area contributed by atoms with E-state index in [1.54, 1.807) is 18.4 Å². The molecule has 6 nitrogen and oxygen atoms in total. The minimum Gasteiger partial charge on any atom is -0.491 e. The first kappa shape index (κ1) is 23.5. The maximum atomic E-state index is 12.1. The molecular formula is C27H26N2O4S2. The average Bonchev–Trinajstić information content (AvgIpc) is 3.46. The average molecular weight is 507 g/mol. The summed E-state index contributed by atoms with van der Waals surface area (Å²) in [5, 5.41) is 10.7. The molecule has 180 valence electrons. The third kappa shape index (κ3) is 5.10. The van der Waals surface area contributed by atoms with Gasteiger partial charge in [-0.25, -0.2) is 9.78 Å². The van der Waals surface area contributed by atoms with E-state index in [0.717, 1.165) is 45.4 Å². The zero-order valence-corrected chi connectivity index (χ0v) is 21.2. The number of aromatic nitrogens is 1. The van der Waals surface area contributed by atoms with Crippen LogP contribution in [0.3, 0.4) is 0 Å². The molecule has 0 spiro atoms. The largest absolute Gasteiger partial charge is 0.491 e. The van der Waals surface area contributed by atoms with Crippen LogP contribution in [0, 0.1) is 0 Å². The van der Waals surface area contributed by atoms with E-state index < -0.39 is 5.97 Å². The lowest BCUT2D eigenvalue weighted by atomic mass is 10.1. The standard InChI is InChI=1S/C27H26N2O4S2/c1-29(21-16-22(34-25(21)26(30)31)17-6-4-3-5-7-17)27-28-23(24(35-27)19-8-9-19)18-10-12-20(13-11-18)33-15-14-32-2/h3-7,10-13,16,19H,8-9,14-15H2,1-2H3,(H,30,31). The van der Waals surface area contributed by atoms with Crippen molar-refractivity contribution < 1.29 is 19.4 Å². The molecule has 1 saturated carbocycles. The molecule has 0 amide bonds.